The lowest BCUT2D eigenvalue weighted by Gasteiger charge is -2.44. The van der Waals surface area contributed by atoms with Crippen LogP contribution in [0, 0.1) is 0 Å². The molecule has 2 aliphatic heterocycles. The van der Waals surface area contributed by atoms with Crippen molar-refractivity contribution in [2.75, 3.05) is 37.6 Å². The van der Waals surface area contributed by atoms with Gasteiger partial charge in [-0.1, -0.05) is 6.42 Å². The van der Waals surface area contributed by atoms with Crippen molar-refractivity contribution in [3.05, 3.63) is 17.3 Å². The standard InChI is InChI=1S/C15H23N5S/c16-5-4-13-14(17-15-20(13)9-10-21-15)19-8-7-18-6-2-1-3-12(18)11-19/h9-10,12H,1-8,11,16H2. The molecule has 5 nitrogen and oxygen atoms in total. The van der Waals surface area contributed by atoms with Crippen molar-refractivity contribution in [3.63, 3.8) is 0 Å². The van der Waals surface area contributed by atoms with E-state index in [2.05, 4.69) is 25.8 Å². The number of hydrogen-bond acceptors (Lipinski definition) is 5. The molecule has 0 spiro atoms. The zero-order valence-corrected chi connectivity index (χ0v) is 13.2. The minimum Gasteiger partial charge on any atom is -0.352 e. The number of nitrogens with zero attached hydrogens (tertiary/aromatic N) is 4. The molecule has 0 saturated carbocycles. The number of thiazole rings is 1. The van der Waals surface area contributed by atoms with Crippen molar-refractivity contribution >= 4 is 22.1 Å². The van der Waals surface area contributed by atoms with Crippen molar-refractivity contribution in [2.45, 2.75) is 31.7 Å². The number of piperazine rings is 1. The van der Waals surface area contributed by atoms with Gasteiger partial charge in [-0.3, -0.25) is 9.30 Å². The predicted molar refractivity (Wildman–Crippen MR) is 87.3 cm³/mol. The largest absolute Gasteiger partial charge is 0.352 e. The minimum absolute atomic E-state index is 0.681. The summed E-state index contributed by atoms with van der Waals surface area (Å²) < 4.78 is 2.22. The van der Waals surface area contributed by atoms with Gasteiger partial charge in [0.25, 0.3) is 0 Å². The van der Waals surface area contributed by atoms with Gasteiger partial charge in [0.2, 0.25) is 0 Å². The highest BCUT2D eigenvalue weighted by molar-refractivity contribution is 7.15. The molecule has 4 rings (SSSR count). The lowest BCUT2D eigenvalue weighted by atomic mass is 9.99. The summed E-state index contributed by atoms with van der Waals surface area (Å²) in [6.45, 7) is 5.37. The molecule has 0 bridgehead atoms. The predicted octanol–water partition coefficient (Wildman–Crippen LogP) is 1.57. The van der Waals surface area contributed by atoms with E-state index in [4.69, 9.17) is 10.7 Å². The Hall–Kier alpha value is -1.11. The Morgan fingerprint density at radius 3 is 3.14 bits per heavy atom. The third-order valence-electron chi connectivity index (χ3n) is 4.86. The van der Waals surface area contributed by atoms with Crippen molar-refractivity contribution in [3.8, 4) is 0 Å². The molecule has 4 heterocycles. The highest BCUT2D eigenvalue weighted by atomic mass is 32.1. The average molecular weight is 305 g/mol. The van der Waals surface area contributed by atoms with Gasteiger partial charge >= 0.3 is 0 Å². The number of imidazole rings is 1. The van der Waals surface area contributed by atoms with E-state index >= 15 is 0 Å². The summed E-state index contributed by atoms with van der Waals surface area (Å²) in [4.78, 5) is 11.1. The van der Waals surface area contributed by atoms with Gasteiger partial charge in [0.1, 0.15) is 0 Å². The summed E-state index contributed by atoms with van der Waals surface area (Å²) in [5.41, 5.74) is 7.11. The van der Waals surface area contributed by atoms with Gasteiger partial charge in [0.05, 0.1) is 5.69 Å². The molecule has 2 fully saturated rings. The van der Waals surface area contributed by atoms with Crippen molar-refractivity contribution in [1.82, 2.24) is 14.3 Å². The summed E-state index contributed by atoms with van der Waals surface area (Å²) in [6, 6.07) is 0.720. The van der Waals surface area contributed by atoms with Crippen molar-refractivity contribution in [1.29, 1.82) is 0 Å². The molecule has 0 aromatic carbocycles. The van der Waals surface area contributed by atoms with Crippen LogP contribution >= 0.6 is 11.3 Å². The Balaban J connectivity index is 1.63. The highest BCUT2D eigenvalue weighted by Crippen LogP contribution is 2.29. The molecule has 2 N–H and O–H groups in total. The van der Waals surface area contributed by atoms with Gasteiger partial charge in [-0.2, -0.15) is 0 Å². The quantitative estimate of drug-likeness (QED) is 0.935. The second-order valence-corrected chi connectivity index (χ2v) is 6.98. The van der Waals surface area contributed by atoms with Crippen LogP contribution in [-0.2, 0) is 6.42 Å². The van der Waals surface area contributed by atoms with Gasteiger partial charge in [-0.05, 0) is 25.9 Å². The summed E-state index contributed by atoms with van der Waals surface area (Å²) in [6.07, 6.45) is 7.11. The van der Waals surface area contributed by atoms with Crippen LogP contribution in [0.25, 0.3) is 4.96 Å². The molecule has 2 aliphatic rings. The number of nitrogens with two attached hydrogens (primary N) is 1. The molecule has 1 unspecified atom stereocenters. The maximum atomic E-state index is 5.82. The zero-order chi connectivity index (χ0) is 14.2. The SMILES string of the molecule is NCCc1c(N2CCN3CCCCC3C2)nc2sccn12. The van der Waals surface area contributed by atoms with E-state index in [9.17, 15) is 0 Å². The smallest absolute Gasteiger partial charge is 0.195 e. The minimum atomic E-state index is 0.681. The Morgan fingerprint density at radius 2 is 2.24 bits per heavy atom. The number of fused-ring (bicyclic) bond motifs is 2. The molecule has 0 amide bonds. The number of anilines is 1. The summed E-state index contributed by atoms with van der Waals surface area (Å²) in [5, 5.41) is 2.10. The van der Waals surface area contributed by atoms with Crippen molar-refractivity contribution < 1.29 is 0 Å². The Bertz CT molecular complexity index is 619. The highest BCUT2D eigenvalue weighted by Gasteiger charge is 2.31. The van der Waals surface area contributed by atoms with Crippen LogP contribution in [0.4, 0.5) is 5.82 Å². The molecule has 21 heavy (non-hydrogen) atoms. The fourth-order valence-electron chi connectivity index (χ4n) is 3.79. The average Bonchev–Trinajstić information content (AvgIpc) is 3.10. The van der Waals surface area contributed by atoms with Gasteiger partial charge in [0.15, 0.2) is 10.8 Å². The number of piperidine rings is 1. The van der Waals surface area contributed by atoms with Crippen LogP contribution in [0.1, 0.15) is 25.0 Å². The van der Waals surface area contributed by atoms with Crippen molar-refractivity contribution in [2.24, 2.45) is 5.73 Å². The van der Waals surface area contributed by atoms with Gasteiger partial charge < -0.3 is 10.6 Å². The molecule has 2 aromatic heterocycles. The molecule has 1 atom stereocenters. The maximum Gasteiger partial charge on any atom is 0.195 e. The fraction of sp³-hybridized carbons (Fsp3) is 0.667. The summed E-state index contributed by atoms with van der Waals surface area (Å²) in [7, 11) is 0. The molecular weight excluding hydrogens is 282 g/mol. The molecular formula is C15H23N5S. The van der Waals surface area contributed by atoms with Crippen LogP contribution in [0.5, 0.6) is 0 Å². The lowest BCUT2D eigenvalue weighted by Crippen LogP contribution is -2.55. The first-order valence-electron chi connectivity index (χ1n) is 8.00. The Morgan fingerprint density at radius 1 is 1.29 bits per heavy atom. The van der Waals surface area contributed by atoms with Crippen LogP contribution in [0.3, 0.4) is 0 Å². The normalized spacial score (nSPS) is 23.7. The van der Waals surface area contributed by atoms with Crippen LogP contribution in [-0.4, -0.2) is 53.1 Å². The molecule has 6 heteroatoms. The number of rotatable bonds is 3. The molecule has 0 aliphatic carbocycles. The zero-order valence-electron chi connectivity index (χ0n) is 12.4. The van der Waals surface area contributed by atoms with E-state index in [1.165, 1.54) is 43.9 Å². The van der Waals surface area contributed by atoms with E-state index in [-0.39, 0.29) is 0 Å². The number of aromatic nitrogens is 2. The van der Waals surface area contributed by atoms with E-state index in [0.717, 1.165) is 30.5 Å². The molecule has 114 valence electrons. The van der Waals surface area contributed by atoms with Gasteiger partial charge in [-0.25, -0.2) is 4.98 Å². The van der Waals surface area contributed by atoms with E-state index < -0.39 is 0 Å². The van der Waals surface area contributed by atoms with E-state index in [1.807, 2.05) is 0 Å². The van der Waals surface area contributed by atoms with Crippen LogP contribution < -0.4 is 10.6 Å². The first-order chi connectivity index (χ1) is 10.4. The second kappa shape index (κ2) is 5.59. The fourth-order valence-corrected chi connectivity index (χ4v) is 4.52. The first-order valence-corrected chi connectivity index (χ1v) is 8.88. The monoisotopic (exact) mass is 305 g/mol. The van der Waals surface area contributed by atoms with Gasteiger partial charge in [-0.15, -0.1) is 11.3 Å². The summed E-state index contributed by atoms with van der Waals surface area (Å²) in [5.74, 6) is 1.18. The van der Waals surface area contributed by atoms with E-state index in [0.29, 0.717) is 6.54 Å². The third kappa shape index (κ3) is 2.35. The Kier molecular flexibility index (Phi) is 3.61. The van der Waals surface area contributed by atoms with Crippen LogP contribution in [0.15, 0.2) is 11.6 Å². The topological polar surface area (TPSA) is 49.8 Å². The Labute approximate surface area is 129 Å². The molecule has 2 aromatic rings. The maximum absolute atomic E-state index is 5.82. The second-order valence-electron chi connectivity index (χ2n) is 6.11. The van der Waals surface area contributed by atoms with Gasteiger partial charge in [0, 0.05) is 43.7 Å². The lowest BCUT2D eigenvalue weighted by molar-refractivity contribution is 0.133. The van der Waals surface area contributed by atoms with Crippen LogP contribution in [0.2, 0.25) is 0 Å². The number of hydrogen-bond donors (Lipinski definition) is 1. The summed E-state index contributed by atoms with van der Waals surface area (Å²) >= 11 is 1.71. The third-order valence-corrected chi connectivity index (χ3v) is 5.61. The first kappa shape index (κ1) is 13.5. The molecule has 2 saturated heterocycles. The molecule has 0 radical (unpaired) electrons. The van der Waals surface area contributed by atoms with E-state index in [1.54, 1.807) is 11.3 Å².